The van der Waals surface area contributed by atoms with E-state index in [4.69, 9.17) is 0 Å². The Morgan fingerprint density at radius 3 is 2.45 bits per heavy atom. The first-order valence-electron chi connectivity index (χ1n) is 2.67. The van der Waals surface area contributed by atoms with Crippen molar-refractivity contribution >= 4 is 64.9 Å². The minimum absolute atomic E-state index is 0.0208. The van der Waals surface area contributed by atoms with Gasteiger partial charge in [-0.05, 0) is 11.4 Å². The highest BCUT2D eigenvalue weighted by molar-refractivity contribution is 9.40. The van der Waals surface area contributed by atoms with E-state index in [0.717, 1.165) is 4.88 Å². The molecule has 0 bridgehead atoms. The molecule has 0 radical (unpaired) electrons. The van der Waals surface area contributed by atoms with Gasteiger partial charge in [0.1, 0.15) is 0 Å². The Bertz CT molecular complexity index is 249. The van der Waals surface area contributed by atoms with Gasteiger partial charge in [-0.25, -0.2) is 0 Å². The lowest BCUT2D eigenvalue weighted by Crippen LogP contribution is -2.15. The maximum Gasteiger partial charge on any atom is 0.210 e. The van der Waals surface area contributed by atoms with Crippen molar-refractivity contribution in [1.29, 1.82) is 0 Å². The van der Waals surface area contributed by atoms with Gasteiger partial charge in [-0.3, -0.25) is 4.79 Å². The summed E-state index contributed by atoms with van der Waals surface area (Å²) in [5.74, 6) is -0.0208. The van der Waals surface area contributed by atoms with Gasteiger partial charge < -0.3 is 0 Å². The largest absolute Gasteiger partial charge is 0.290 e. The predicted molar refractivity (Wildman–Crippen MR) is 58.2 cm³/mol. The molecular formula is C6H3Br3OS. The number of ketones is 1. The number of alkyl halides is 3. The van der Waals surface area contributed by atoms with Crippen LogP contribution in [0.2, 0.25) is 0 Å². The number of halogens is 3. The minimum Gasteiger partial charge on any atom is -0.290 e. The van der Waals surface area contributed by atoms with Crippen LogP contribution in [-0.2, 0) is 0 Å². The van der Waals surface area contributed by atoms with Crippen molar-refractivity contribution in [3.8, 4) is 0 Å². The Balaban J connectivity index is 2.88. The van der Waals surface area contributed by atoms with Crippen LogP contribution in [0, 0.1) is 0 Å². The third-order valence-electron chi connectivity index (χ3n) is 1.00. The fraction of sp³-hybridized carbons (Fsp3) is 0.167. The summed E-state index contributed by atoms with van der Waals surface area (Å²) in [6, 6.07) is 3.63. The second-order valence-electron chi connectivity index (χ2n) is 1.80. The third-order valence-corrected chi connectivity index (χ3v) is 2.95. The van der Waals surface area contributed by atoms with Crippen molar-refractivity contribution in [2.75, 3.05) is 0 Å². The molecule has 0 atom stereocenters. The van der Waals surface area contributed by atoms with Gasteiger partial charge in [0, 0.05) is 0 Å². The summed E-state index contributed by atoms with van der Waals surface area (Å²) < 4.78 is -0.808. The van der Waals surface area contributed by atoms with Gasteiger partial charge in [0.05, 0.1) is 4.88 Å². The average molecular weight is 363 g/mol. The Kier molecular flexibility index (Phi) is 3.31. The smallest absolute Gasteiger partial charge is 0.210 e. The quantitative estimate of drug-likeness (QED) is 0.549. The molecular weight excluding hydrogens is 360 g/mol. The van der Waals surface area contributed by atoms with Crippen molar-refractivity contribution in [2.45, 2.75) is 2.14 Å². The van der Waals surface area contributed by atoms with Gasteiger partial charge >= 0.3 is 0 Å². The normalized spacial score (nSPS) is 11.5. The molecule has 0 amide bonds. The fourth-order valence-electron chi connectivity index (χ4n) is 0.547. The van der Waals surface area contributed by atoms with Crippen LogP contribution >= 0.6 is 59.1 Å². The van der Waals surface area contributed by atoms with Gasteiger partial charge in [-0.15, -0.1) is 11.3 Å². The van der Waals surface area contributed by atoms with Crippen LogP contribution in [0.4, 0.5) is 0 Å². The van der Waals surface area contributed by atoms with E-state index in [1.807, 2.05) is 11.4 Å². The van der Waals surface area contributed by atoms with Crippen LogP contribution in [0.15, 0.2) is 17.5 Å². The molecule has 1 aromatic rings. The molecule has 0 fully saturated rings. The zero-order chi connectivity index (χ0) is 8.48. The van der Waals surface area contributed by atoms with Crippen molar-refractivity contribution < 1.29 is 4.79 Å². The van der Waals surface area contributed by atoms with E-state index < -0.39 is 2.14 Å². The second-order valence-corrected chi connectivity index (χ2v) is 9.51. The Labute approximate surface area is 93.6 Å². The van der Waals surface area contributed by atoms with Crippen molar-refractivity contribution in [1.82, 2.24) is 0 Å². The number of Topliss-reactive ketones (excluding diaryl/α,β-unsaturated/α-hetero) is 1. The van der Waals surface area contributed by atoms with Gasteiger partial charge in [0.15, 0.2) is 2.14 Å². The first-order valence-corrected chi connectivity index (χ1v) is 5.92. The van der Waals surface area contributed by atoms with Crippen LogP contribution in [0.5, 0.6) is 0 Å². The Morgan fingerprint density at radius 2 is 2.09 bits per heavy atom. The topological polar surface area (TPSA) is 17.1 Å². The second kappa shape index (κ2) is 3.68. The SMILES string of the molecule is O=C(c1cccs1)C(Br)(Br)Br. The maximum atomic E-state index is 11.4. The Morgan fingerprint density at radius 1 is 1.45 bits per heavy atom. The van der Waals surface area contributed by atoms with Crippen molar-refractivity contribution in [3.63, 3.8) is 0 Å². The molecule has 0 aliphatic carbocycles. The molecule has 5 heteroatoms. The molecule has 0 aromatic carbocycles. The average Bonchev–Trinajstić information content (AvgIpc) is 2.34. The van der Waals surface area contributed by atoms with E-state index in [1.165, 1.54) is 11.3 Å². The maximum absolute atomic E-state index is 11.4. The minimum atomic E-state index is -0.808. The van der Waals surface area contributed by atoms with Gasteiger partial charge in [-0.1, -0.05) is 53.9 Å². The number of rotatable bonds is 1. The summed E-state index contributed by atoms with van der Waals surface area (Å²) in [5.41, 5.74) is 0. The van der Waals surface area contributed by atoms with Crippen molar-refractivity contribution in [3.05, 3.63) is 22.4 Å². The van der Waals surface area contributed by atoms with Crippen LogP contribution in [0.1, 0.15) is 9.67 Å². The fourth-order valence-corrected chi connectivity index (χ4v) is 2.30. The zero-order valence-electron chi connectivity index (χ0n) is 5.18. The summed E-state index contributed by atoms with van der Waals surface area (Å²) in [6.45, 7) is 0. The lowest BCUT2D eigenvalue weighted by molar-refractivity contribution is 0.101. The highest BCUT2D eigenvalue weighted by Crippen LogP contribution is 2.37. The molecule has 60 valence electrons. The molecule has 0 saturated heterocycles. The Hall–Kier alpha value is 0.810. The third kappa shape index (κ3) is 2.65. The molecule has 1 heterocycles. The summed E-state index contributed by atoms with van der Waals surface area (Å²) in [4.78, 5) is 12.1. The molecule has 0 aliphatic rings. The molecule has 1 nitrogen and oxygen atoms in total. The monoisotopic (exact) mass is 360 g/mol. The molecule has 11 heavy (non-hydrogen) atoms. The van der Waals surface area contributed by atoms with Crippen LogP contribution in [0.25, 0.3) is 0 Å². The van der Waals surface area contributed by atoms with E-state index in [0.29, 0.717) is 0 Å². The number of carbonyl (C=O) groups is 1. The summed E-state index contributed by atoms with van der Waals surface area (Å²) in [6.07, 6.45) is 0. The summed E-state index contributed by atoms with van der Waals surface area (Å²) >= 11 is 10.9. The van der Waals surface area contributed by atoms with Crippen LogP contribution < -0.4 is 0 Å². The summed E-state index contributed by atoms with van der Waals surface area (Å²) in [5, 5.41) is 1.87. The number of thiophene rings is 1. The molecule has 0 spiro atoms. The van der Waals surface area contributed by atoms with E-state index in [9.17, 15) is 4.79 Å². The lowest BCUT2D eigenvalue weighted by atomic mass is 10.4. The number of carbonyl (C=O) groups excluding carboxylic acids is 1. The molecule has 1 aromatic heterocycles. The molecule has 1 rings (SSSR count). The number of hydrogen-bond donors (Lipinski definition) is 0. The number of hydrogen-bond acceptors (Lipinski definition) is 2. The zero-order valence-corrected chi connectivity index (χ0v) is 10.8. The van der Waals surface area contributed by atoms with Crippen LogP contribution in [-0.4, -0.2) is 7.93 Å². The predicted octanol–water partition coefficient (Wildman–Crippen LogP) is 3.77. The van der Waals surface area contributed by atoms with E-state index >= 15 is 0 Å². The summed E-state index contributed by atoms with van der Waals surface area (Å²) in [7, 11) is 0. The van der Waals surface area contributed by atoms with Crippen molar-refractivity contribution in [2.24, 2.45) is 0 Å². The molecule has 0 aliphatic heterocycles. The standard InChI is InChI=1S/C6H3Br3OS/c7-6(8,9)5(10)4-2-1-3-11-4/h1-3H. The first kappa shape index (κ1) is 9.89. The lowest BCUT2D eigenvalue weighted by Gasteiger charge is -2.07. The molecule has 0 N–H and O–H groups in total. The molecule has 0 unspecified atom stereocenters. The molecule has 0 saturated carbocycles. The first-order chi connectivity index (χ1) is 5.02. The van der Waals surface area contributed by atoms with E-state index in [1.54, 1.807) is 6.07 Å². The van der Waals surface area contributed by atoms with Gasteiger partial charge in [0.2, 0.25) is 5.78 Å². The van der Waals surface area contributed by atoms with E-state index in [2.05, 4.69) is 47.8 Å². The van der Waals surface area contributed by atoms with Gasteiger partial charge in [-0.2, -0.15) is 0 Å². The van der Waals surface area contributed by atoms with Crippen LogP contribution in [0.3, 0.4) is 0 Å². The highest BCUT2D eigenvalue weighted by Gasteiger charge is 2.30. The van der Waals surface area contributed by atoms with Gasteiger partial charge in [0.25, 0.3) is 0 Å². The highest BCUT2D eigenvalue weighted by atomic mass is 80.0. The van der Waals surface area contributed by atoms with E-state index in [-0.39, 0.29) is 5.78 Å².